The zero-order valence-corrected chi connectivity index (χ0v) is 21.8. The molecular formula is C25H23BrClN5O5. The molecule has 0 radical (unpaired) electrons. The number of hydrogen-bond acceptors (Lipinski definition) is 4. The third-order valence-electron chi connectivity index (χ3n) is 6.55. The van der Waals surface area contributed by atoms with Crippen LogP contribution >= 0.6 is 27.5 Å². The minimum Gasteiger partial charge on any atom is -0.480 e. The van der Waals surface area contributed by atoms with Crippen LogP contribution in [0.5, 0.6) is 0 Å². The van der Waals surface area contributed by atoms with Gasteiger partial charge in [-0.1, -0.05) is 33.6 Å². The van der Waals surface area contributed by atoms with Crippen LogP contribution in [0.2, 0.25) is 5.02 Å². The van der Waals surface area contributed by atoms with Crippen molar-refractivity contribution in [3.05, 3.63) is 57.5 Å². The summed E-state index contributed by atoms with van der Waals surface area (Å²) < 4.78 is 0.872. The molecule has 2 amide bonds. The number of nitrogens with zero attached hydrogens (tertiary/aromatic N) is 2. The highest BCUT2D eigenvalue weighted by Gasteiger charge is 2.35. The maximum atomic E-state index is 13.4. The standard InChI is InChI=1S/C25H23BrClN5O5/c26-14-1-3-16-18(11-14)30-22(19-10-13-9-15(27)2-4-17(13)29-19)21(16)23(33)28-5-6-31-7-8-32(25(36)37)20(12-31)24(34)35/h1-4,9-11,20,29-30H,5-8,12H2,(H,28,33)(H,34,35)(H,36,37)/t20-/m0/s1. The fourth-order valence-corrected chi connectivity index (χ4v) is 5.29. The van der Waals surface area contributed by atoms with Crippen molar-refractivity contribution in [2.45, 2.75) is 6.04 Å². The number of aliphatic carboxylic acids is 1. The van der Waals surface area contributed by atoms with E-state index >= 15 is 0 Å². The van der Waals surface area contributed by atoms with Gasteiger partial charge >= 0.3 is 12.1 Å². The number of H-pyrrole nitrogens is 2. The number of rotatable bonds is 6. The van der Waals surface area contributed by atoms with Crippen LogP contribution in [0.4, 0.5) is 4.79 Å². The van der Waals surface area contributed by atoms with Crippen LogP contribution < -0.4 is 5.32 Å². The number of amides is 2. The van der Waals surface area contributed by atoms with E-state index in [1.807, 2.05) is 41.3 Å². The normalized spacial score (nSPS) is 16.4. The number of nitrogens with one attached hydrogen (secondary N) is 3. The summed E-state index contributed by atoms with van der Waals surface area (Å²) in [6, 6.07) is 12.0. The quantitative estimate of drug-likeness (QED) is 0.228. The van der Waals surface area contributed by atoms with Crippen LogP contribution in [0.25, 0.3) is 33.2 Å². The van der Waals surface area contributed by atoms with Crippen molar-refractivity contribution in [2.24, 2.45) is 0 Å². The van der Waals surface area contributed by atoms with Gasteiger partial charge in [0.15, 0.2) is 0 Å². The van der Waals surface area contributed by atoms with Crippen molar-refractivity contribution >= 4 is 67.3 Å². The summed E-state index contributed by atoms with van der Waals surface area (Å²) in [6.45, 7) is 1.18. The van der Waals surface area contributed by atoms with Crippen molar-refractivity contribution in [1.82, 2.24) is 25.1 Å². The molecule has 0 spiro atoms. The van der Waals surface area contributed by atoms with E-state index < -0.39 is 18.1 Å². The Labute approximate surface area is 224 Å². The first-order valence-electron chi connectivity index (χ1n) is 11.5. The Morgan fingerprint density at radius 2 is 1.86 bits per heavy atom. The predicted molar refractivity (Wildman–Crippen MR) is 143 cm³/mol. The van der Waals surface area contributed by atoms with Gasteiger partial charge in [-0.3, -0.25) is 14.6 Å². The zero-order valence-electron chi connectivity index (χ0n) is 19.4. The van der Waals surface area contributed by atoms with E-state index in [2.05, 4.69) is 31.2 Å². The van der Waals surface area contributed by atoms with Gasteiger partial charge < -0.3 is 25.5 Å². The summed E-state index contributed by atoms with van der Waals surface area (Å²) in [5.74, 6) is -1.47. The van der Waals surface area contributed by atoms with Gasteiger partial charge in [0.1, 0.15) is 6.04 Å². The zero-order chi connectivity index (χ0) is 26.3. The number of carboxylic acids is 1. The highest BCUT2D eigenvalue weighted by molar-refractivity contribution is 9.10. The molecule has 37 heavy (non-hydrogen) atoms. The number of hydrogen-bond donors (Lipinski definition) is 5. The number of fused-ring (bicyclic) bond motifs is 2. The molecule has 1 aliphatic rings. The molecule has 0 aliphatic carbocycles. The number of benzene rings is 2. The van der Waals surface area contributed by atoms with E-state index in [0.717, 1.165) is 36.9 Å². The number of halogens is 2. The topological polar surface area (TPSA) is 142 Å². The van der Waals surface area contributed by atoms with E-state index in [1.165, 1.54) is 0 Å². The van der Waals surface area contributed by atoms with Gasteiger partial charge in [-0.05, 0) is 36.4 Å². The first-order chi connectivity index (χ1) is 17.7. The first-order valence-corrected chi connectivity index (χ1v) is 12.7. The van der Waals surface area contributed by atoms with Crippen molar-refractivity contribution in [3.63, 3.8) is 0 Å². The molecule has 2 aromatic heterocycles. The van der Waals surface area contributed by atoms with Gasteiger partial charge in [0.2, 0.25) is 0 Å². The Morgan fingerprint density at radius 3 is 2.62 bits per heavy atom. The highest BCUT2D eigenvalue weighted by Crippen LogP contribution is 2.33. The number of piperazine rings is 1. The summed E-state index contributed by atoms with van der Waals surface area (Å²) in [6.07, 6.45) is -1.25. The van der Waals surface area contributed by atoms with Crippen molar-refractivity contribution in [1.29, 1.82) is 0 Å². The van der Waals surface area contributed by atoms with Crippen LogP contribution in [0.3, 0.4) is 0 Å². The lowest BCUT2D eigenvalue weighted by Crippen LogP contribution is -2.58. The number of carbonyl (C=O) groups excluding carboxylic acids is 1. The van der Waals surface area contributed by atoms with Crippen molar-refractivity contribution in [2.75, 3.05) is 32.7 Å². The molecule has 1 fully saturated rings. The number of carbonyl (C=O) groups is 3. The van der Waals surface area contributed by atoms with E-state index in [1.54, 1.807) is 6.07 Å². The summed E-state index contributed by atoms with van der Waals surface area (Å²) in [4.78, 5) is 45.8. The number of aromatic nitrogens is 2. The van der Waals surface area contributed by atoms with Gasteiger partial charge in [0.05, 0.1) is 17.0 Å². The molecule has 2 aromatic carbocycles. The summed E-state index contributed by atoms with van der Waals surface area (Å²) in [5.41, 5.74) is 3.54. The van der Waals surface area contributed by atoms with E-state index in [0.29, 0.717) is 29.4 Å². The molecule has 3 heterocycles. The molecule has 12 heteroatoms. The van der Waals surface area contributed by atoms with Gasteiger partial charge in [-0.15, -0.1) is 0 Å². The fraction of sp³-hybridized carbons (Fsp3) is 0.240. The average molecular weight is 589 g/mol. The van der Waals surface area contributed by atoms with E-state index in [4.69, 9.17) is 11.6 Å². The van der Waals surface area contributed by atoms with Gasteiger partial charge in [-0.2, -0.15) is 0 Å². The van der Waals surface area contributed by atoms with Crippen LogP contribution in [-0.4, -0.2) is 86.7 Å². The highest BCUT2D eigenvalue weighted by atomic mass is 79.9. The number of aromatic amines is 2. The molecule has 4 aromatic rings. The second kappa shape index (κ2) is 10.1. The lowest BCUT2D eigenvalue weighted by Gasteiger charge is -2.37. The SMILES string of the molecule is O=C(NCCN1CCN(C(=O)O)[C@H](C(=O)O)C1)c1c(-c2cc3cc(Cl)ccc3[nH]2)[nH]c2cc(Br)ccc12. The number of carboxylic acid groups (broad SMARTS) is 2. The van der Waals surface area contributed by atoms with E-state index in [9.17, 15) is 24.6 Å². The second-order valence-corrected chi connectivity index (χ2v) is 10.2. The first kappa shape index (κ1) is 25.1. The van der Waals surface area contributed by atoms with E-state index in [-0.39, 0.29) is 25.5 Å². The Balaban J connectivity index is 1.37. The molecule has 0 saturated carbocycles. The molecule has 5 N–H and O–H groups in total. The molecule has 0 unspecified atom stereocenters. The van der Waals surface area contributed by atoms with Crippen molar-refractivity contribution in [3.8, 4) is 11.4 Å². The molecule has 192 valence electrons. The predicted octanol–water partition coefficient (Wildman–Crippen LogP) is 4.21. The van der Waals surface area contributed by atoms with Crippen LogP contribution in [0.15, 0.2) is 46.9 Å². The minimum absolute atomic E-state index is 0.0570. The Morgan fingerprint density at radius 1 is 1.05 bits per heavy atom. The van der Waals surface area contributed by atoms with Crippen LogP contribution in [0, 0.1) is 0 Å². The van der Waals surface area contributed by atoms with Gasteiger partial charge in [0, 0.05) is 64.0 Å². The second-order valence-electron chi connectivity index (χ2n) is 8.87. The largest absolute Gasteiger partial charge is 0.480 e. The monoisotopic (exact) mass is 587 g/mol. The van der Waals surface area contributed by atoms with Crippen LogP contribution in [0.1, 0.15) is 10.4 Å². The maximum absolute atomic E-state index is 13.4. The lowest BCUT2D eigenvalue weighted by molar-refractivity contribution is -0.144. The Kier molecular flexibility index (Phi) is 6.84. The summed E-state index contributed by atoms with van der Waals surface area (Å²) in [5, 5.41) is 23.9. The molecular weight excluding hydrogens is 566 g/mol. The molecule has 5 rings (SSSR count). The summed E-state index contributed by atoms with van der Waals surface area (Å²) >= 11 is 9.63. The smallest absolute Gasteiger partial charge is 0.408 e. The Bertz CT molecular complexity index is 1530. The average Bonchev–Trinajstić information content (AvgIpc) is 3.44. The van der Waals surface area contributed by atoms with Crippen LogP contribution in [-0.2, 0) is 4.79 Å². The third-order valence-corrected chi connectivity index (χ3v) is 7.28. The molecule has 10 nitrogen and oxygen atoms in total. The third kappa shape index (κ3) is 5.02. The molecule has 1 aliphatic heterocycles. The lowest BCUT2D eigenvalue weighted by atomic mass is 10.1. The minimum atomic E-state index is -1.25. The van der Waals surface area contributed by atoms with Gasteiger partial charge in [-0.25, -0.2) is 9.59 Å². The fourth-order valence-electron chi connectivity index (χ4n) is 4.74. The Hall–Kier alpha value is -3.54. The van der Waals surface area contributed by atoms with Gasteiger partial charge in [0.25, 0.3) is 5.91 Å². The van der Waals surface area contributed by atoms with Crippen molar-refractivity contribution < 1.29 is 24.6 Å². The molecule has 0 bridgehead atoms. The summed E-state index contributed by atoms with van der Waals surface area (Å²) in [7, 11) is 0. The molecule has 1 atom stereocenters. The maximum Gasteiger partial charge on any atom is 0.408 e. The molecule has 1 saturated heterocycles.